The van der Waals surface area contributed by atoms with Crippen LogP contribution in [-0.2, 0) is 4.74 Å². The van der Waals surface area contributed by atoms with Gasteiger partial charge in [-0.25, -0.2) is 4.98 Å². The fraction of sp³-hybridized carbons (Fsp3) is 0.714. The molecule has 0 aromatic carbocycles. The molecule has 1 aromatic heterocycles. The first kappa shape index (κ1) is 14.6. The fourth-order valence-corrected chi connectivity index (χ4v) is 3.72. The third-order valence-corrected chi connectivity index (χ3v) is 5.12. The summed E-state index contributed by atoms with van der Waals surface area (Å²) in [6.45, 7) is 3.31. The molecule has 0 bridgehead atoms. The van der Waals surface area contributed by atoms with Crippen molar-refractivity contribution in [1.82, 2.24) is 10.3 Å². The second-order valence-electron chi connectivity index (χ2n) is 5.65. The number of nitrogens with one attached hydrogen (secondary N) is 1. The number of ether oxygens (including phenoxy) is 1. The number of carbonyl (C=O) groups excluding carboxylic acids is 1. The van der Waals surface area contributed by atoms with E-state index >= 15 is 0 Å². The molecule has 7 heteroatoms. The quantitative estimate of drug-likeness (QED) is 0.887. The summed E-state index contributed by atoms with van der Waals surface area (Å²) in [6.07, 6.45) is 5.77. The van der Waals surface area contributed by atoms with Crippen LogP contribution in [-0.4, -0.2) is 43.2 Å². The number of nitrogens with zero attached hydrogens (tertiary/aromatic N) is 2. The number of amides is 1. The predicted octanol–water partition coefficient (Wildman–Crippen LogP) is 1.62. The normalized spacial score (nSPS) is 23.0. The summed E-state index contributed by atoms with van der Waals surface area (Å²) in [6, 6.07) is 0.0978. The summed E-state index contributed by atoms with van der Waals surface area (Å²) < 4.78 is 5.27. The monoisotopic (exact) mass is 310 g/mol. The highest BCUT2D eigenvalue weighted by molar-refractivity contribution is 7.18. The first-order valence-electron chi connectivity index (χ1n) is 7.64. The van der Waals surface area contributed by atoms with E-state index in [1.807, 2.05) is 0 Å². The minimum Gasteiger partial charge on any atom is -0.382 e. The van der Waals surface area contributed by atoms with E-state index in [2.05, 4.69) is 15.2 Å². The average molecular weight is 310 g/mol. The zero-order chi connectivity index (χ0) is 14.7. The molecule has 3 N–H and O–H groups in total. The van der Waals surface area contributed by atoms with Gasteiger partial charge < -0.3 is 20.7 Å². The maximum absolute atomic E-state index is 12.3. The van der Waals surface area contributed by atoms with Crippen molar-refractivity contribution in [3.63, 3.8) is 0 Å². The zero-order valence-corrected chi connectivity index (χ0v) is 13.0. The Morgan fingerprint density at radius 2 is 2.10 bits per heavy atom. The van der Waals surface area contributed by atoms with Crippen LogP contribution < -0.4 is 16.0 Å². The number of nitrogens with two attached hydrogens (primary N) is 1. The number of hydrogen-bond acceptors (Lipinski definition) is 6. The lowest BCUT2D eigenvalue weighted by Crippen LogP contribution is -2.34. The average Bonchev–Trinajstić information content (AvgIpc) is 3.01. The van der Waals surface area contributed by atoms with Crippen LogP contribution >= 0.6 is 11.3 Å². The van der Waals surface area contributed by atoms with Crippen molar-refractivity contribution in [2.75, 3.05) is 36.9 Å². The lowest BCUT2D eigenvalue weighted by Gasteiger charge is -2.18. The molecule has 3 rings (SSSR count). The Kier molecular flexibility index (Phi) is 4.60. The molecule has 0 aliphatic carbocycles. The molecule has 116 valence electrons. The molecule has 6 nitrogen and oxygen atoms in total. The van der Waals surface area contributed by atoms with Gasteiger partial charge in [0.05, 0.1) is 12.6 Å². The van der Waals surface area contributed by atoms with Crippen LogP contribution in [0.15, 0.2) is 0 Å². The van der Waals surface area contributed by atoms with E-state index < -0.39 is 0 Å². The number of nitrogen functional groups attached to an aromatic ring is 1. The van der Waals surface area contributed by atoms with E-state index in [1.165, 1.54) is 37.0 Å². The van der Waals surface area contributed by atoms with Crippen molar-refractivity contribution in [1.29, 1.82) is 0 Å². The fourth-order valence-electron chi connectivity index (χ4n) is 2.78. The van der Waals surface area contributed by atoms with E-state index in [9.17, 15) is 4.79 Å². The molecule has 1 aromatic rings. The first-order valence-corrected chi connectivity index (χ1v) is 8.45. The molecule has 2 aliphatic rings. The highest BCUT2D eigenvalue weighted by Gasteiger charge is 2.24. The molecule has 3 heterocycles. The van der Waals surface area contributed by atoms with Crippen molar-refractivity contribution in [2.45, 2.75) is 38.1 Å². The minimum atomic E-state index is -0.124. The van der Waals surface area contributed by atoms with Crippen molar-refractivity contribution in [2.24, 2.45) is 0 Å². The largest absolute Gasteiger partial charge is 0.382 e. The Morgan fingerprint density at radius 3 is 2.76 bits per heavy atom. The Hall–Kier alpha value is -1.34. The van der Waals surface area contributed by atoms with Gasteiger partial charge in [-0.15, -0.1) is 0 Å². The zero-order valence-electron chi connectivity index (χ0n) is 12.1. The van der Waals surface area contributed by atoms with E-state index in [4.69, 9.17) is 10.5 Å². The molecule has 2 fully saturated rings. The van der Waals surface area contributed by atoms with Gasteiger partial charge in [-0.3, -0.25) is 4.79 Å². The van der Waals surface area contributed by atoms with E-state index in [0.29, 0.717) is 23.9 Å². The van der Waals surface area contributed by atoms with Crippen molar-refractivity contribution >= 4 is 28.2 Å². The van der Waals surface area contributed by atoms with Gasteiger partial charge in [0.2, 0.25) is 0 Å². The van der Waals surface area contributed by atoms with Crippen molar-refractivity contribution < 1.29 is 9.53 Å². The summed E-state index contributed by atoms with van der Waals surface area (Å²) in [5.74, 6) is 0.220. The minimum absolute atomic E-state index is 0.0978. The van der Waals surface area contributed by atoms with Crippen LogP contribution in [0.3, 0.4) is 0 Å². The van der Waals surface area contributed by atoms with Gasteiger partial charge in [-0.2, -0.15) is 0 Å². The van der Waals surface area contributed by atoms with E-state index in [-0.39, 0.29) is 11.9 Å². The van der Waals surface area contributed by atoms with Crippen LogP contribution in [0.2, 0.25) is 0 Å². The van der Waals surface area contributed by atoms with Crippen LogP contribution in [0, 0.1) is 0 Å². The summed E-state index contributed by atoms with van der Waals surface area (Å²) in [4.78, 5) is 19.5. The lowest BCUT2D eigenvalue weighted by atomic mass is 10.2. The smallest absolute Gasteiger partial charge is 0.265 e. The van der Waals surface area contributed by atoms with E-state index in [0.717, 1.165) is 24.6 Å². The van der Waals surface area contributed by atoms with Crippen LogP contribution in [0.4, 0.5) is 10.9 Å². The maximum Gasteiger partial charge on any atom is 0.265 e. The van der Waals surface area contributed by atoms with Gasteiger partial charge in [0.15, 0.2) is 5.13 Å². The Labute approximate surface area is 128 Å². The summed E-state index contributed by atoms with van der Waals surface area (Å²) in [5, 5.41) is 3.85. The van der Waals surface area contributed by atoms with Crippen LogP contribution in [0.1, 0.15) is 41.8 Å². The van der Waals surface area contributed by atoms with Crippen molar-refractivity contribution in [3.05, 3.63) is 4.88 Å². The molecule has 2 aliphatic heterocycles. The Balaban J connectivity index is 1.69. The molecular formula is C14H22N4O2S. The number of carbonyl (C=O) groups is 1. The topological polar surface area (TPSA) is 80.5 Å². The first-order chi connectivity index (χ1) is 10.2. The third-order valence-electron chi connectivity index (χ3n) is 3.99. The number of thiazole rings is 1. The number of aromatic nitrogens is 1. The van der Waals surface area contributed by atoms with Gasteiger partial charge >= 0.3 is 0 Å². The van der Waals surface area contributed by atoms with Crippen molar-refractivity contribution in [3.8, 4) is 0 Å². The molecule has 21 heavy (non-hydrogen) atoms. The molecule has 1 unspecified atom stereocenters. The van der Waals surface area contributed by atoms with Crippen LogP contribution in [0.25, 0.3) is 0 Å². The standard InChI is InChI=1S/C14H22N4O2S/c15-12-11(13(19)16-10-5-8-20-9-10)21-14(17-12)18-6-3-1-2-4-7-18/h10H,1-9,15H2,(H,16,19). The molecule has 2 saturated heterocycles. The molecule has 1 atom stereocenters. The number of hydrogen-bond donors (Lipinski definition) is 2. The van der Waals surface area contributed by atoms with Gasteiger partial charge in [0.25, 0.3) is 5.91 Å². The molecule has 0 radical (unpaired) electrons. The summed E-state index contributed by atoms with van der Waals surface area (Å²) in [5.41, 5.74) is 5.94. The molecule has 1 amide bonds. The third kappa shape index (κ3) is 3.47. The van der Waals surface area contributed by atoms with Gasteiger partial charge in [-0.1, -0.05) is 24.2 Å². The molecule has 0 spiro atoms. The molecular weight excluding hydrogens is 288 g/mol. The van der Waals surface area contributed by atoms with E-state index in [1.54, 1.807) is 0 Å². The highest BCUT2D eigenvalue weighted by Crippen LogP contribution is 2.29. The Bertz CT molecular complexity index is 491. The summed E-state index contributed by atoms with van der Waals surface area (Å²) in [7, 11) is 0. The second kappa shape index (κ2) is 6.62. The Morgan fingerprint density at radius 1 is 1.33 bits per heavy atom. The van der Waals surface area contributed by atoms with Gasteiger partial charge in [-0.05, 0) is 19.3 Å². The van der Waals surface area contributed by atoms with Gasteiger partial charge in [0, 0.05) is 19.7 Å². The number of rotatable bonds is 3. The molecule has 0 saturated carbocycles. The van der Waals surface area contributed by atoms with Gasteiger partial charge in [0.1, 0.15) is 10.7 Å². The number of anilines is 2. The SMILES string of the molecule is Nc1nc(N2CCCCCC2)sc1C(=O)NC1CCOC1. The maximum atomic E-state index is 12.3. The highest BCUT2D eigenvalue weighted by atomic mass is 32.1. The predicted molar refractivity (Wildman–Crippen MR) is 83.9 cm³/mol. The van der Waals surface area contributed by atoms with Crippen LogP contribution in [0.5, 0.6) is 0 Å². The second-order valence-corrected chi connectivity index (χ2v) is 6.62. The summed E-state index contributed by atoms with van der Waals surface area (Å²) >= 11 is 1.40. The lowest BCUT2D eigenvalue weighted by molar-refractivity contribution is 0.0934.